The van der Waals surface area contributed by atoms with E-state index in [2.05, 4.69) is 35.5 Å². The van der Waals surface area contributed by atoms with Crippen LogP contribution >= 0.6 is 0 Å². The average Bonchev–Trinajstić information content (AvgIpc) is 2.54. The van der Waals surface area contributed by atoms with Gasteiger partial charge in [-0.05, 0) is 69.0 Å². The van der Waals surface area contributed by atoms with Crippen molar-refractivity contribution < 1.29 is 4.74 Å². The van der Waals surface area contributed by atoms with Crippen molar-refractivity contribution in [1.82, 2.24) is 10.2 Å². The van der Waals surface area contributed by atoms with Gasteiger partial charge in [-0.25, -0.2) is 0 Å². The van der Waals surface area contributed by atoms with Crippen molar-refractivity contribution in [3.63, 3.8) is 0 Å². The second-order valence-corrected chi connectivity index (χ2v) is 6.14. The van der Waals surface area contributed by atoms with Gasteiger partial charge in [0.25, 0.3) is 0 Å². The van der Waals surface area contributed by atoms with Crippen molar-refractivity contribution in [3.05, 3.63) is 29.3 Å². The van der Waals surface area contributed by atoms with Crippen LogP contribution in [0.5, 0.6) is 5.75 Å². The molecule has 3 rings (SSSR count). The number of nitrogens with one attached hydrogen (secondary N) is 1. The highest BCUT2D eigenvalue weighted by Crippen LogP contribution is 2.36. The van der Waals surface area contributed by atoms with Gasteiger partial charge < -0.3 is 10.1 Å². The highest BCUT2D eigenvalue weighted by Gasteiger charge is 2.29. The number of rotatable bonds is 3. The number of fused-ring (bicyclic) bond motifs is 1. The Morgan fingerprint density at radius 2 is 2.15 bits per heavy atom. The maximum Gasteiger partial charge on any atom is 0.119 e. The van der Waals surface area contributed by atoms with Crippen LogP contribution in [-0.2, 0) is 6.42 Å². The molecule has 0 bridgehead atoms. The molecule has 110 valence electrons. The summed E-state index contributed by atoms with van der Waals surface area (Å²) in [7, 11) is 4.06. The van der Waals surface area contributed by atoms with E-state index < -0.39 is 0 Å². The minimum Gasteiger partial charge on any atom is -0.497 e. The van der Waals surface area contributed by atoms with E-state index in [1.807, 2.05) is 0 Å². The molecule has 2 unspecified atom stereocenters. The molecule has 3 heteroatoms. The first kappa shape index (κ1) is 13.9. The summed E-state index contributed by atoms with van der Waals surface area (Å²) in [5.74, 6) is 0.992. The molecule has 2 atom stereocenters. The minimum atomic E-state index is 0.578. The van der Waals surface area contributed by atoms with Crippen LogP contribution in [-0.4, -0.2) is 38.2 Å². The lowest BCUT2D eigenvalue weighted by molar-refractivity contribution is 0.133. The van der Waals surface area contributed by atoms with Crippen molar-refractivity contribution >= 4 is 0 Å². The van der Waals surface area contributed by atoms with E-state index in [0.29, 0.717) is 12.1 Å². The lowest BCUT2D eigenvalue weighted by Gasteiger charge is -2.40. The molecule has 0 aromatic heterocycles. The van der Waals surface area contributed by atoms with Gasteiger partial charge in [0.1, 0.15) is 5.75 Å². The molecule has 0 spiro atoms. The van der Waals surface area contributed by atoms with E-state index >= 15 is 0 Å². The molecule has 2 aliphatic rings. The molecule has 0 saturated carbocycles. The quantitative estimate of drug-likeness (QED) is 0.917. The van der Waals surface area contributed by atoms with E-state index in [-0.39, 0.29) is 0 Å². The Labute approximate surface area is 122 Å². The third-order valence-electron chi connectivity index (χ3n) is 4.97. The maximum atomic E-state index is 5.37. The van der Waals surface area contributed by atoms with Crippen molar-refractivity contribution in [2.75, 3.05) is 27.2 Å². The third-order valence-corrected chi connectivity index (χ3v) is 4.97. The van der Waals surface area contributed by atoms with Crippen LogP contribution in [0.4, 0.5) is 0 Å². The van der Waals surface area contributed by atoms with Crippen LogP contribution in [0.15, 0.2) is 18.2 Å². The van der Waals surface area contributed by atoms with E-state index in [0.717, 1.165) is 12.3 Å². The van der Waals surface area contributed by atoms with E-state index in [4.69, 9.17) is 4.74 Å². The summed E-state index contributed by atoms with van der Waals surface area (Å²) in [5, 5.41) is 3.54. The molecule has 1 aliphatic carbocycles. The lowest BCUT2D eigenvalue weighted by Crippen LogP contribution is -2.46. The number of ether oxygens (including phenoxy) is 1. The summed E-state index contributed by atoms with van der Waals surface area (Å²) < 4.78 is 5.37. The topological polar surface area (TPSA) is 24.5 Å². The maximum absolute atomic E-state index is 5.37. The van der Waals surface area contributed by atoms with Gasteiger partial charge in [-0.15, -0.1) is 0 Å². The fourth-order valence-electron chi connectivity index (χ4n) is 3.75. The summed E-state index contributed by atoms with van der Waals surface area (Å²) in [6.07, 6.45) is 6.39. The summed E-state index contributed by atoms with van der Waals surface area (Å²) in [6, 6.07) is 7.89. The second-order valence-electron chi connectivity index (χ2n) is 6.14. The summed E-state index contributed by atoms with van der Waals surface area (Å²) in [6.45, 7) is 2.32. The molecule has 3 nitrogen and oxygen atoms in total. The molecule has 1 saturated heterocycles. The molecular weight excluding hydrogens is 248 g/mol. The predicted octanol–water partition coefficient (Wildman–Crippen LogP) is 2.76. The predicted molar refractivity (Wildman–Crippen MR) is 82.3 cm³/mol. The number of hydrogen-bond donors (Lipinski definition) is 1. The minimum absolute atomic E-state index is 0.578. The highest BCUT2D eigenvalue weighted by molar-refractivity contribution is 5.39. The fourth-order valence-corrected chi connectivity index (χ4v) is 3.75. The van der Waals surface area contributed by atoms with Crippen LogP contribution < -0.4 is 10.1 Å². The van der Waals surface area contributed by atoms with Crippen molar-refractivity contribution in [3.8, 4) is 5.75 Å². The average molecular weight is 274 g/mol. The van der Waals surface area contributed by atoms with Gasteiger partial charge in [0.2, 0.25) is 0 Å². The van der Waals surface area contributed by atoms with Crippen LogP contribution in [0.3, 0.4) is 0 Å². The first-order valence-electron chi connectivity index (χ1n) is 7.89. The number of methoxy groups -OCH3 is 1. The fraction of sp³-hybridized carbons (Fsp3) is 0.647. The van der Waals surface area contributed by atoms with Crippen LogP contribution in [0, 0.1) is 0 Å². The number of piperidine rings is 1. The molecule has 1 heterocycles. The number of benzene rings is 1. The lowest BCUT2D eigenvalue weighted by atomic mass is 9.85. The molecule has 0 amide bonds. The Kier molecular flexibility index (Phi) is 4.27. The largest absolute Gasteiger partial charge is 0.497 e. The standard InChI is InChI=1S/C17H26N2O/c1-19(14-6-4-10-18-12-14)17-7-3-5-13-11-15(20-2)8-9-16(13)17/h8-9,11,14,17-18H,3-7,10,12H2,1-2H3. The zero-order valence-electron chi connectivity index (χ0n) is 12.7. The molecule has 0 radical (unpaired) electrons. The van der Waals surface area contributed by atoms with Crippen molar-refractivity contribution in [2.45, 2.75) is 44.2 Å². The first-order chi connectivity index (χ1) is 9.79. The number of aryl methyl sites for hydroxylation is 1. The van der Waals surface area contributed by atoms with Crippen LogP contribution in [0.2, 0.25) is 0 Å². The van der Waals surface area contributed by atoms with Gasteiger partial charge in [-0.2, -0.15) is 0 Å². The number of hydrogen-bond acceptors (Lipinski definition) is 3. The molecule has 1 aromatic rings. The Hall–Kier alpha value is -1.06. The highest BCUT2D eigenvalue weighted by atomic mass is 16.5. The Morgan fingerprint density at radius 3 is 2.90 bits per heavy atom. The normalized spacial score (nSPS) is 26.4. The number of nitrogens with zero attached hydrogens (tertiary/aromatic N) is 1. The zero-order valence-corrected chi connectivity index (χ0v) is 12.7. The van der Waals surface area contributed by atoms with E-state index in [1.54, 1.807) is 7.11 Å². The molecule has 1 aromatic carbocycles. The Bertz CT molecular complexity index is 454. The summed E-state index contributed by atoms with van der Waals surface area (Å²) in [5.41, 5.74) is 3.00. The zero-order chi connectivity index (χ0) is 13.9. The third kappa shape index (κ3) is 2.70. The van der Waals surface area contributed by atoms with Crippen molar-refractivity contribution in [1.29, 1.82) is 0 Å². The summed E-state index contributed by atoms with van der Waals surface area (Å²) >= 11 is 0. The van der Waals surface area contributed by atoms with Gasteiger partial charge in [0.05, 0.1) is 7.11 Å². The molecular formula is C17H26N2O. The van der Waals surface area contributed by atoms with Gasteiger partial charge >= 0.3 is 0 Å². The van der Waals surface area contributed by atoms with Crippen molar-refractivity contribution in [2.24, 2.45) is 0 Å². The first-order valence-corrected chi connectivity index (χ1v) is 7.89. The Balaban J connectivity index is 1.81. The molecule has 1 fully saturated rings. The van der Waals surface area contributed by atoms with Gasteiger partial charge in [-0.1, -0.05) is 6.07 Å². The second kappa shape index (κ2) is 6.15. The SMILES string of the molecule is COc1ccc2c(c1)CCCC2N(C)C1CCCNC1. The van der Waals surface area contributed by atoms with E-state index in [1.165, 1.54) is 49.8 Å². The van der Waals surface area contributed by atoms with Gasteiger partial charge in [0.15, 0.2) is 0 Å². The number of likely N-dealkylation sites (N-methyl/N-ethyl adjacent to an activating group) is 1. The Morgan fingerprint density at radius 1 is 1.25 bits per heavy atom. The summed E-state index contributed by atoms with van der Waals surface area (Å²) in [4.78, 5) is 2.61. The van der Waals surface area contributed by atoms with Gasteiger partial charge in [0, 0.05) is 18.6 Å². The van der Waals surface area contributed by atoms with Crippen LogP contribution in [0.25, 0.3) is 0 Å². The molecule has 20 heavy (non-hydrogen) atoms. The monoisotopic (exact) mass is 274 g/mol. The molecule has 1 N–H and O–H groups in total. The smallest absolute Gasteiger partial charge is 0.119 e. The van der Waals surface area contributed by atoms with Gasteiger partial charge in [-0.3, -0.25) is 4.90 Å². The molecule has 1 aliphatic heterocycles. The van der Waals surface area contributed by atoms with E-state index in [9.17, 15) is 0 Å². The van der Waals surface area contributed by atoms with Crippen LogP contribution in [0.1, 0.15) is 42.9 Å².